The van der Waals surface area contributed by atoms with Gasteiger partial charge in [0.05, 0.1) is 14.2 Å². The van der Waals surface area contributed by atoms with Crippen LogP contribution >= 0.6 is 23.7 Å². The lowest BCUT2D eigenvalue weighted by Crippen LogP contribution is -2.36. The normalized spacial score (nSPS) is 13.2. The van der Waals surface area contributed by atoms with E-state index in [-0.39, 0.29) is 24.1 Å². The zero-order chi connectivity index (χ0) is 20.1. The summed E-state index contributed by atoms with van der Waals surface area (Å²) in [5, 5.41) is 0.566. The quantitative estimate of drug-likeness (QED) is 0.621. The molecule has 0 bridgehead atoms. The molecule has 0 saturated carbocycles. The van der Waals surface area contributed by atoms with Gasteiger partial charge in [0.25, 0.3) is 5.91 Å². The van der Waals surface area contributed by atoms with E-state index in [1.165, 1.54) is 17.6 Å². The standard InChI is InChI=1S/C19H25N3O5S.ClH/c1-21(2)8-5-9-22(18(23)15-12-26-10-11-27-15)19-20-16-13(24-3)6-7-14(25-4)17(16)28-19;/h6-7,12H,5,8-11H2,1-4H3;1H. The number of carbonyl (C=O) groups excluding carboxylic acids is 1. The van der Waals surface area contributed by atoms with Crippen LogP contribution in [0.5, 0.6) is 11.5 Å². The fourth-order valence-electron chi connectivity index (χ4n) is 2.83. The molecule has 160 valence electrons. The van der Waals surface area contributed by atoms with Crippen LogP contribution in [0.1, 0.15) is 6.42 Å². The first kappa shape index (κ1) is 23.1. The molecule has 2 heterocycles. The number of anilines is 1. The van der Waals surface area contributed by atoms with Crippen LogP contribution in [-0.4, -0.2) is 70.4 Å². The fourth-order valence-corrected chi connectivity index (χ4v) is 3.93. The van der Waals surface area contributed by atoms with Crippen molar-refractivity contribution in [3.05, 3.63) is 24.2 Å². The summed E-state index contributed by atoms with van der Waals surface area (Å²) < 4.78 is 22.5. The molecule has 0 atom stereocenters. The van der Waals surface area contributed by atoms with Crippen molar-refractivity contribution in [1.82, 2.24) is 9.88 Å². The summed E-state index contributed by atoms with van der Waals surface area (Å²) in [7, 11) is 7.21. The van der Waals surface area contributed by atoms with E-state index in [1.54, 1.807) is 19.1 Å². The van der Waals surface area contributed by atoms with Gasteiger partial charge >= 0.3 is 0 Å². The van der Waals surface area contributed by atoms with E-state index in [0.29, 0.717) is 41.9 Å². The first-order valence-electron chi connectivity index (χ1n) is 8.97. The summed E-state index contributed by atoms with van der Waals surface area (Å²) in [6, 6.07) is 3.64. The number of hydrogen-bond acceptors (Lipinski definition) is 8. The van der Waals surface area contributed by atoms with Crippen LogP contribution in [0.4, 0.5) is 5.13 Å². The molecule has 10 heteroatoms. The van der Waals surface area contributed by atoms with Crippen molar-refractivity contribution >= 4 is 45.0 Å². The van der Waals surface area contributed by atoms with Crippen LogP contribution in [0.25, 0.3) is 10.2 Å². The Kier molecular flexibility index (Phi) is 8.36. The zero-order valence-electron chi connectivity index (χ0n) is 17.0. The number of benzene rings is 1. The van der Waals surface area contributed by atoms with Gasteiger partial charge in [-0.1, -0.05) is 11.3 Å². The average molecular weight is 444 g/mol. The Morgan fingerprint density at radius 3 is 2.52 bits per heavy atom. The molecule has 0 saturated heterocycles. The lowest BCUT2D eigenvalue weighted by molar-refractivity contribution is -0.119. The van der Waals surface area contributed by atoms with Crippen molar-refractivity contribution in [3.63, 3.8) is 0 Å². The summed E-state index contributed by atoms with van der Waals surface area (Å²) in [6.07, 6.45) is 2.16. The Morgan fingerprint density at radius 1 is 1.17 bits per heavy atom. The van der Waals surface area contributed by atoms with Crippen molar-refractivity contribution in [2.45, 2.75) is 6.42 Å². The van der Waals surface area contributed by atoms with Crippen molar-refractivity contribution < 1.29 is 23.7 Å². The number of fused-ring (bicyclic) bond motifs is 1. The van der Waals surface area contributed by atoms with Crippen molar-refractivity contribution in [2.24, 2.45) is 0 Å². The maximum absolute atomic E-state index is 13.1. The van der Waals surface area contributed by atoms with Gasteiger partial charge < -0.3 is 23.8 Å². The smallest absolute Gasteiger partial charge is 0.298 e. The first-order valence-corrected chi connectivity index (χ1v) is 9.79. The predicted octanol–water partition coefficient (Wildman–Crippen LogP) is 2.91. The molecule has 2 aromatic rings. The van der Waals surface area contributed by atoms with Crippen molar-refractivity contribution in [1.29, 1.82) is 0 Å². The van der Waals surface area contributed by atoms with Gasteiger partial charge in [-0.15, -0.1) is 12.4 Å². The minimum Gasteiger partial charge on any atom is -0.495 e. The number of carbonyl (C=O) groups is 1. The van der Waals surface area contributed by atoms with E-state index in [2.05, 4.69) is 9.88 Å². The molecule has 1 aromatic heterocycles. The number of amides is 1. The largest absolute Gasteiger partial charge is 0.495 e. The Bertz CT molecular complexity index is 830. The maximum atomic E-state index is 13.1. The molecule has 0 unspecified atom stereocenters. The molecule has 0 spiro atoms. The molecule has 0 radical (unpaired) electrons. The van der Waals surface area contributed by atoms with E-state index in [1.807, 2.05) is 26.2 Å². The minimum absolute atomic E-state index is 0. The average Bonchev–Trinajstić information content (AvgIpc) is 3.15. The molecule has 29 heavy (non-hydrogen) atoms. The summed E-state index contributed by atoms with van der Waals surface area (Å²) in [5.41, 5.74) is 0.669. The highest BCUT2D eigenvalue weighted by Crippen LogP contribution is 2.40. The molecule has 1 aliphatic heterocycles. The highest BCUT2D eigenvalue weighted by molar-refractivity contribution is 7.22. The lowest BCUT2D eigenvalue weighted by atomic mass is 10.3. The maximum Gasteiger partial charge on any atom is 0.298 e. The van der Waals surface area contributed by atoms with Crippen LogP contribution in [0.2, 0.25) is 0 Å². The minimum atomic E-state index is -0.268. The number of aromatic nitrogens is 1. The zero-order valence-corrected chi connectivity index (χ0v) is 18.6. The second-order valence-electron chi connectivity index (χ2n) is 6.46. The number of halogens is 1. The molecular formula is C19H26ClN3O5S. The molecular weight excluding hydrogens is 418 g/mol. The molecule has 0 aliphatic carbocycles. The molecule has 1 amide bonds. The van der Waals surface area contributed by atoms with E-state index in [0.717, 1.165) is 17.7 Å². The van der Waals surface area contributed by atoms with E-state index in [4.69, 9.17) is 18.9 Å². The van der Waals surface area contributed by atoms with Gasteiger partial charge in [0.1, 0.15) is 41.2 Å². The van der Waals surface area contributed by atoms with Crippen LogP contribution < -0.4 is 14.4 Å². The van der Waals surface area contributed by atoms with Gasteiger partial charge in [-0.25, -0.2) is 4.98 Å². The highest BCUT2D eigenvalue weighted by atomic mass is 35.5. The van der Waals surface area contributed by atoms with Crippen LogP contribution in [0.3, 0.4) is 0 Å². The SMILES string of the molecule is COc1ccc(OC)c2sc(N(CCCN(C)C)C(=O)C3=COCCO3)nc12.Cl. The molecule has 8 nitrogen and oxygen atoms in total. The molecule has 3 rings (SSSR count). The number of nitrogens with zero attached hydrogens (tertiary/aromatic N) is 3. The van der Waals surface area contributed by atoms with Gasteiger partial charge in [-0.2, -0.15) is 0 Å². The summed E-state index contributed by atoms with van der Waals surface area (Å²) >= 11 is 1.39. The van der Waals surface area contributed by atoms with Crippen LogP contribution in [0, 0.1) is 0 Å². The Morgan fingerprint density at radius 2 is 1.90 bits per heavy atom. The fraction of sp³-hybridized carbons (Fsp3) is 0.474. The van der Waals surface area contributed by atoms with Crippen molar-refractivity contribution in [2.75, 3.05) is 59.5 Å². The predicted molar refractivity (Wildman–Crippen MR) is 115 cm³/mol. The number of ether oxygens (including phenoxy) is 4. The highest BCUT2D eigenvalue weighted by Gasteiger charge is 2.27. The van der Waals surface area contributed by atoms with Gasteiger partial charge in [0, 0.05) is 6.54 Å². The third-order valence-corrected chi connectivity index (χ3v) is 5.31. The second kappa shape index (κ2) is 10.5. The Hall–Kier alpha value is -2.23. The topological polar surface area (TPSA) is 73.4 Å². The lowest BCUT2D eigenvalue weighted by Gasteiger charge is -2.23. The van der Waals surface area contributed by atoms with Crippen LogP contribution in [-0.2, 0) is 14.3 Å². The van der Waals surface area contributed by atoms with Gasteiger partial charge in [-0.3, -0.25) is 9.69 Å². The summed E-state index contributed by atoms with van der Waals surface area (Å²) in [5.74, 6) is 1.25. The van der Waals surface area contributed by atoms with E-state index in [9.17, 15) is 4.79 Å². The monoisotopic (exact) mass is 443 g/mol. The molecule has 0 N–H and O–H groups in total. The number of hydrogen-bond donors (Lipinski definition) is 0. The first-order chi connectivity index (χ1) is 13.5. The van der Waals surface area contributed by atoms with E-state index >= 15 is 0 Å². The van der Waals surface area contributed by atoms with Gasteiger partial charge in [0.15, 0.2) is 5.13 Å². The second-order valence-corrected chi connectivity index (χ2v) is 7.44. The third kappa shape index (κ3) is 5.23. The third-order valence-electron chi connectivity index (χ3n) is 4.22. The number of thiazole rings is 1. The summed E-state index contributed by atoms with van der Waals surface area (Å²) in [6.45, 7) is 2.14. The van der Waals surface area contributed by atoms with Crippen LogP contribution in [0.15, 0.2) is 24.2 Å². The molecule has 1 aliphatic rings. The Balaban J connectivity index is 0.00000300. The van der Waals surface area contributed by atoms with E-state index < -0.39 is 0 Å². The van der Waals surface area contributed by atoms with Crippen molar-refractivity contribution in [3.8, 4) is 11.5 Å². The number of rotatable bonds is 8. The Labute approximate surface area is 180 Å². The van der Waals surface area contributed by atoms with Gasteiger partial charge in [0.2, 0.25) is 5.76 Å². The molecule has 0 fully saturated rings. The number of methoxy groups -OCH3 is 2. The van der Waals surface area contributed by atoms with Gasteiger partial charge in [-0.05, 0) is 39.2 Å². The molecule has 1 aromatic carbocycles. The summed E-state index contributed by atoms with van der Waals surface area (Å²) in [4.78, 5) is 21.5.